The van der Waals surface area contributed by atoms with Gasteiger partial charge in [-0.05, 0) is 29.7 Å². The van der Waals surface area contributed by atoms with Crippen LogP contribution in [0.15, 0.2) is 84.9 Å². The van der Waals surface area contributed by atoms with Crippen LogP contribution in [-0.4, -0.2) is 55.2 Å². The molecule has 0 atom stereocenters. The van der Waals surface area contributed by atoms with Crippen molar-refractivity contribution < 1.29 is 9.53 Å². The summed E-state index contributed by atoms with van der Waals surface area (Å²) in [6.45, 7) is 4.15. The van der Waals surface area contributed by atoms with Gasteiger partial charge in [-0.3, -0.25) is 4.90 Å². The number of benzene rings is 3. The monoisotopic (exact) mass is 463 g/mol. The second-order valence-corrected chi connectivity index (χ2v) is 8.52. The van der Waals surface area contributed by atoms with Crippen molar-refractivity contribution in [3.63, 3.8) is 0 Å². The Hall–Kier alpha value is -3.02. The molecule has 5 nitrogen and oxygen atoms in total. The van der Waals surface area contributed by atoms with Crippen molar-refractivity contribution in [3.8, 4) is 5.75 Å². The zero-order valence-corrected chi connectivity index (χ0v) is 19.5. The summed E-state index contributed by atoms with van der Waals surface area (Å²) < 4.78 is 5.69. The number of rotatable bonds is 8. The number of amides is 2. The summed E-state index contributed by atoms with van der Waals surface area (Å²) in [4.78, 5) is 17.0. The number of piperazine rings is 1. The van der Waals surface area contributed by atoms with Gasteiger partial charge in [0.2, 0.25) is 0 Å². The smallest absolute Gasteiger partial charge is 0.317 e. The van der Waals surface area contributed by atoms with Crippen LogP contribution in [0.25, 0.3) is 0 Å². The van der Waals surface area contributed by atoms with Crippen LogP contribution in [-0.2, 0) is 0 Å². The van der Waals surface area contributed by atoms with Crippen molar-refractivity contribution in [2.75, 3.05) is 39.3 Å². The molecule has 0 bridgehead atoms. The van der Waals surface area contributed by atoms with Gasteiger partial charge in [0, 0.05) is 32.7 Å². The number of hydrogen-bond acceptors (Lipinski definition) is 3. The summed E-state index contributed by atoms with van der Waals surface area (Å²) in [5.41, 5.74) is 2.56. The van der Waals surface area contributed by atoms with E-state index in [0.717, 1.165) is 19.5 Å². The average molecular weight is 464 g/mol. The lowest BCUT2D eigenvalue weighted by molar-refractivity contribution is 0.120. The molecular formula is C27H30ClN3O2. The molecule has 3 aromatic carbocycles. The second kappa shape index (κ2) is 11.7. The fourth-order valence-corrected chi connectivity index (χ4v) is 4.38. The van der Waals surface area contributed by atoms with Crippen LogP contribution in [0, 0.1) is 0 Å². The van der Waals surface area contributed by atoms with Crippen molar-refractivity contribution >= 4 is 17.6 Å². The minimum absolute atomic E-state index is 0.0108. The van der Waals surface area contributed by atoms with Gasteiger partial charge in [0.05, 0.1) is 17.7 Å². The summed E-state index contributed by atoms with van der Waals surface area (Å²) in [6, 6.07) is 28.8. The van der Waals surface area contributed by atoms with E-state index in [9.17, 15) is 4.79 Å². The molecule has 172 valence electrons. The van der Waals surface area contributed by atoms with Gasteiger partial charge >= 0.3 is 6.03 Å². The molecule has 33 heavy (non-hydrogen) atoms. The molecule has 1 N–H and O–H groups in total. The Labute approximate surface area is 200 Å². The van der Waals surface area contributed by atoms with Crippen molar-refractivity contribution in [2.24, 2.45) is 0 Å². The van der Waals surface area contributed by atoms with Crippen molar-refractivity contribution in [1.82, 2.24) is 15.1 Å². The van der Waals surface area contributed by atoms with Gasteiger partial charge in [0.25, 0.3) is 0 Å². The molecule has 1 aliphatic rings. The van der Waals surface area contributed by atoms with Crippen molar-refractivity contribution in [3.05, 3.63) is 101 Å². The number of halogens is 1. The van der Waals surface area contributed by atoms with E-state index in [1.807, 2.05) is 35.2 Å². The Morgan fingerprint density at radius 2 is 1.42 bits per heavy atom. The van der Waals surface area contributed by atoms with Gasteiger partial charge in [-0.1, -0.05) is 84.4 Å². The lowest BCUT2D eigenvalue weighted by atomic mass is 9.96. The molecular weight excluding hydrogens is 434 g/mol. The van der Waals surface area contributed by atoms with Crippen molar-refractivity contribution in [2.45, 2.75) is 12.5 Å². The van der Waals surface area contributed by atoms with Crippen LogP contribution in [0.1, 0.15) is 23.6 Å². The Bertz CT molecular complexity index is 969. The lowest BCUT2D eigenvalue weighted by Gasteiger charge is -2.39. The standard InChI is InChI=1S/C27H30ClN3O2/c28-24-14-7-8-15-25(24)33-21-9-16-29-27(32)31-19-17-30(18-20-31)26(22-10-3-1-4-11-22)23-12-5-2-6-13-23/h1-8,10-15,26H,9,16-21H2,(H,29,32). The third-order valence-electron chi connectivity index (χ3n) is 5.89. The molecule has 0 radical (unpaired) electrons. The SMILES string of the molecule is O=C(NCCCOc1ccccc1Cl)N1CCN(C(c2ccccc2)c2ccccc2)CC1. The highest BCUT2D eigenvalue weighted by Crippen LogP contribution is 2.29. The molecule has 6 heteroatoms. The first-order valence-electron chi connectivity index (χ1n) is 11.5. The van der Waals surface area contributed by atoms with E-state index in [1.54, 1.807) is 6.07 Å². The van der Waals surface area contributed by atoms with Crippen molar-refractivity contribution in [1.29, 1.82) is 0 Å². The minimum Gasteiger partial charge on any atom is -0.492 e. The normalized spacial score (nSPS) is 14.3. The molecule has 3 aromatic rings. The Kier molecular flexibility index (Phi) is 8.23. The molecule has 4 rings (SSSR count). The minimum atomic E-state index is -0.0108. The van der Waals surface area contributed by atoms with Crippen LogP contribution < -0.4 is 10.1 Å². The van der Waals surface area contributed by atoms with E-state index in [1.165, 1.54) is 11.1 Å². The number of para-hydroxylation sites is 1. The van der Waals surface area contributed by atoms with Gasteiger partial charge < -0.3 is 15.0 Å². The maximum absolute atomic E-state index is 12.6. The summed E-state index contributed by atoms with van der Waals surface area (Å²) in [6.07, 6.45) is 0.723. The average Bonchev–Trinajstić information content (AvgIpc) is 2.87. The maximum atomic E-state index is 12.6. The zero-order valence-electron chi connectivity index (χ0n) is 18.7. The summed E-state index contributed by atoms with van der Waals surface area (Å²) in [5, 5.41) is 3.62. The highest BCUT2D eigenvalue weighted by atomic mass is 35.5. The molecule has 0 saturated carbocycles. The molecule has 0 spiro atoms. The number of nitrogens with zero attached hydrogens (tertiary/aromatic N) is 2. The first kappa shape index (κ1) is 23.1. The highest BCUT2D eigenvalue weighted by molar-refractivity contribution is 6.32. The number of urea groups is 1. The first-order chi connectivity index (χ1) is 16.2. The maximum Gasteiger partial charge on any atom is 0.317 e. The predicted molar refractivity (Wildman–Crippen MR) is 133 cm³/mol. The van der Waals surface area contributed by atoms with Crippen LogP contribution in [0.4, 0.5) is 4.79 Å². The van der Waals surface area contributed by atoms with E-state index in [0.29, 0.717) is 37.0 Å². The Morgan fingerprint density at radius 1 is 0.848 bits per heavy atom. The molecule has 1 fully saturated rings. The van der Waals surface area contributed by atoms with E-state index in [-0.39, 0.29) is 12.1 Å². The van der Waals surface area contributed by atoms with Gasteiger partial charge in [0.1, 0.15) is 5.75 Å². The van der Waals surface area contributed by atoms with E-state index >= 15 is 0 Å². The summed E-state index contributed by atoms with van der Waals surface area (Å²) >= 11 is 6.10. The fourth-order valence-electron chi connectivity index (χ4n) is 4.19. The van der Waals surface area contributed by atoms with Crippen LogP contribution in [0.3, 0.4) is 0 Å². The van der Waals surface area contributed by atoms with Crippen LogP contribution >= 0.6 is 11.6 Å². The van der Waals surface area contributed by atoms with E-state index in [4.69, 9.17) is 16.3 Å². The third kappa shape index (κ3) is 6.28. The number of carbonyl (C=O) groups excluding carboxylic acids is 1. The lowest BCUT2D eigenvalue weighted by Crippen LogP contribution is -2.52. The van der Waals surface area contributed by atoms with Gasteiger partial charge in [-0.2, -0.15) is 0 Å². The Balaban J connectivity index is 1.25. The summed E-state index contributed by atoms with van der Waals surface area (Å²) in [5.74, 6) is 0.674. The molecule has 1 aliphatic heterocycles. The highest BCUT2D eigenvalue weighted by Gasteiger charge is 2.27. The molecule has 1 heterocycles. The van der Waals surface area contributed by atoms with Gasteiger partial charge in [-0.25, -0.2) is 4.79 Å². The van der Waals surface area contributed by atoms with Gasteiger partial charge in [0.15, 0.2) is 0 Å². The van der Waals surface area contributed by atoms with E-state index in [2.05, 4.69) is 58.7 Å². The largest absolute Gasteiger partial charge is 0.492 e. The number of hydrogen-bond donors (Lipinski definition) is 1. The molecule has 0 aliphatic carbocycles. The Morgan fingerprint density at radius 3 is 2.03 bits per heavy atom. The number of nitrogens with one attached hydrogen (secondary N) is 1. The molecule has 0 unspecified atom stereocenters. The third-order valence-corrected chi connectivity index (χ3v) is 6.20. The molecule has 1 saturated heterocycles. The van der Waals surface area contributed by atoms with E-state index < -0.39 is 0 Å². The topological polar surface area (TPSA) is 44.8 Å². The number of carbonyl (C=O) groups is 1. The predicted octanol–water partition coefficient (Wildman–Crippen LogP) is 5.23. The van der Waals surface area contributed by atoms with Gasteiger partial charge in [-0.15, -0.1) is 0 Å². The fraction of sp³-hybridized carbons (Fsp3) is 0.296. The zero-order chi connectivity index (χ0) is 22.9. The first-order valence-corrected chi connectivity index (χ1v) is 11.8. The summed E-state index contributed by atoms with van der Waals surface area (Å²) in [7, 11) is 0. The van der Waals surface area contributed by atoms with Crippen LogP contribution in [0.2, 0.25) is 5.02 Å². The second-order valence-electron chi connectivity index (χ2n) is 8.11. The van der Waals surface area contributed by atoms with Crippen LogP contribution in [0.5, 0.6) is 5.75 Å². The quantitative estimate of drug-likeness (QED) is 0.465. The molecule has 2 amide bonds. The number of ether oxygens (including phenoxy) is 1. The molecule has 0 aromatic heterocycles.